The number of rotatable bonds is 6. The lowest BCUT2D eigenvalue weighted by Crippen LogP contribution is -2.08. The highest BCUT2D eigenvalue weighted by Crippen LogP contribution is 2.11. The van der Waals surface area contributed by atoms with Gasteiger partial charge in [0.15, 0.2) is 11.6 Å². The molecule has 0 aromatic heterocycles. The Kier molecular flexibility index (Phi) is 4.98. The Morgan fingerprint density at radius 3 is 1.29 bits per heavy atom. The van der Waals surface area contributed by atoms with Crippen LogP contribution in [0.5, 0.6) is 0 Å². The van der Waals surface area contributed by atoms with Gasteiger partial charge in [0, 0.05) is 11.1 Å². The summed E-state index contributed by atoms with van der Waals surface area (Å²) < 4.78 is 0. The van der Waals surface area contributed by atoms with Gasteiger partial charge < -0.3 is 10.2 Å². The van der Waals surface area contributed by atoms with Gasteiger partial charge in [-0.2, -0.15) is 0 Å². The third kappa shape index (κ3) is 3.84. The number of Topliss-reactive ketones (excluding diaryl/α,β-unsaturated/α-hetero) is 2. The van der Waals surface area contributed by atoms with Crippen LogP contribution < -0.4 is 0 Å². The van der Waals surface area contributed by atoms with Gasteiger partial charge >= 0.3 is 0 Å². The van der Waals surface area contributed by atoms with Crippen LogP contribution in [-0.2, 0) is 13.2 Å². The molecule has 21 heavy (non-hydrogen) atoms. The van der Waals surface area contributed by atoms with Gasteiger partial charge in [0.05, 0.1) is 19.6 Å². The van der Waals surface area contributed by atoms with Crippen molar-refractivity contribution in [2.45, 2.75) is 19.6 Å². The Labute approximate surface area is 122 Å². The zero-order valence-electron chi connectivity index (χ0n) is 11.5. The molecule has 2 N–H and O–H groups in total. The van der Waals surface area contributed by atoms with Crippen LogP contribution in [0, 0.1) is 0 Å². The normalized spacial score (nSPS) is 10.4. The minimum atomic E-state index is -0.254. The third-order valence-corrected chi connectivity index (χ3v) is 3.24. The number of aliphatic hydroxyl groups excluding tert-OH is 2. The summed E-state index contributed by atoms with van der Waals surface area (Å²) in [5.74, 6) is -0.508. The second-order valence-corrected chi connectivity index (χ2v) is 4.73. The fraction of sp³-hybridized carbons (Fsp3) is 0.176. The summed E-state index contributed by atoms with van der Waals surface area (Å²) in [6, 6.07) is 13.1. The van der Waals surface area contributed by atoms with Crippen molar-refractivity contribution in [3.63, 3.8) is 0 Å². The molecule has 0 aliphatic heterocycles. The maximum absolute atomic E-state index is 12.0. The fourth-order valence-electron chi connectivity index (χ4n) is 1.94. The zero-order valence-corrected chi connectivity index (χ0v) is 11.5. The van der Waals surface area contributed by atoms with E-state index in [1.807, 2.05) is 0 Å². The molecule has 0 aliphatic carbocycles. The van der Waals surface area contributed by atoms with Crippen molar-refractivity contribution in [2.24, 2.45) is 0 Å². The van der Waals surface area contributed by atoms with Crippen molar-refractivity contribution in [1.82, 2.24) is 0 Å². The van der Waals surface area contributed by atoms with Crippen LogP contribution in [0.25, 0.3) is 0 Å². The predicted molar refractivity (Wildman–Crippen MR) is 78.0 cm³/mol. The first-order valence-electron chi connectivity index (χ1n) is 6.60. The quantitative estimate of drug-likeness (QED) is 0.629. The van der Waals surface area contributed by atoms with Gasteiger partial charge in [-0.25, -0.2) is 0 Å². The molecule has 0 heterocycles. The van der Waals surface area contributed by atoms with Crippen LogP contribution in [0.3, 0.4) is 0 Å². The highest BCUT2D eigenvalue weighted by Gasteiger charge is 2.13. The van der Waals surface area contributed by atoms with E-state index in [2.05, 4.69) is 0 Å². The molecule has 4 nitrogen and oxygen atoms in total. The molecule has 0 spiro atoms. The van der Waals surface area contributed by atoms with Crippen molar-refractivity contribution >= 4 is 11.6 Å². The Morgan fingerprint density at radius 1 is 0.667 bits per heavy atom. The second-order valence-electron chi connectivity index (χ2n) is 4.73. The Balaban J connectivity index is 2.05. The molecule has 2 aromatic rings. The van der Waals surface area contributed by atoms with Crippen molar-refractivity contribution in [3.05, 3.63) is 70.8 Å². The van der Waals surface area contributed by atoms with E-state index in [0.29, 0.717) is 11.1 Å². The van der Waals surface area contributed by atoms with E-state index in [1.165, 1.54) is 0 Å². The molecule has 108 valence electrons. The molecule has 0 amide bonds. The van der Waals surface area contributed by atoms with Crippen LogP contribution in [0.1, 0.15) is 38.3 Å². The van der Waals surface area contributed by atoms with Crippen molar-refractivity contribution < 1.29 is 19.8 Å². The lowest BCUT2D eigenvalue weighted by atomic mass is 10.00. The van der Waals surface area contributed by atoms with Crippen molar-refractivity contribution in [3.8, 4) is 0 Å². The first kappa shape index (κ1) is 15.1. The molecule has 0 saturated carbocycles. The summed E-state index contributed by atoms with van der Waals surface area (Å²) in [5.41, 5.74) is 2.34. The number of ketones is 2. The number of carbonyl (C=O) groups excluding carboxylic acids is 2. The largest absolute Gasteiger partial charge is 0.392 e. The van der Waals surface area contributed by atoms with Crippen molar-refractivity contribution in [2.75, 3.05) is 0 Å². The van der Waals surface area contributed by atoms with Gasteiger partial charge in [-0.3, -0.25) is 9.59 Å². The zero-order chi connectivity index (χ0) is 15.2. The average molecular weight is 284 g/mol. The molecule has 0 radical (unpaired) electrons. The standard InChI is InChI=1S/C17H16O4/c18-10-12-1-5-14(6-2-12)16(20)9-17(21)15-7-3-13(11-19)4-8-15/h1-8,18-19H,9-11H2. The first-order valence-corrected chi connectivity index (χ1v) is 6.60. The lowest BCUT2D eigenvalue weighted by molar-refractivity contribution is 0.0894. The van der Waals surface area contributed by atoms with Crippen molar-refractivity contribution in [1.29, 1.82) is 0 Å². The molecular weight excluding hydrogens is 268 g/mol. The molecule has 0 aliphatic rings. The highest BCUT2D eigenvalue weighted by molar-refractivity contribution is 6.13. The fourth-order valence-corrected chi connectivity index (χ4v) is 1.94. The highest BCUT2D eigenvalue weighted by atomic mass is 16.3. The van der Waals surface area contributed by atoms with E-state index >= 15 is 0 Å². The molecule has 2 aromatic carbocycles. The third-order valence-electron chi connectivity index (χ3n) is 3.24. The van der Waals surface area contributed by atoms with E-state index in [1.54, 1.807) is 48.5 Å². The smallest absolute Gasteiger partial charge is 0.170 e. The minimum absolute atomic E-state index is 0.0788. The van der Waals surface area contributed by atoms with E-state index < -0.39 is 0 Å². The summed E-state index contributed by atoms with van der Waals surface area (Å²) in [4.78, 5) is 24.1. The van der Waals surface area contributed by atoms with E-state index in [0.717, 1.165) is 11.1 Å². The Morgan fingerprint density at radius 2 is 1.00 bits per heavy atom. The number of carbonyl (C=O) groups is 2. The molecule has 4 heteroatoms. The molecule has 0 saturated heterocycles. The number of aliphatic hydroxyl groups is 2. The monoisotopic (exact) mass is 284 g/mol. The maximum Gasteiger partial charge on any atom is 0.170 e. The molecule has 0 fully saturated rings. The SMILES string of the molecule is O=C(CC(=O)c1ccc(CO)cc1)c1ccc(CO)cc1. The summed E-state index contributed by atoms with van der Waals surface area (Å²) in [5, 5.41) is 17.9. The van der Waals surface area contributed by atoms with Crippen LogP contribution in [-0.4, -0.2) is 21.8 Å². The molecule has 0 atom stereocenters. The van der Waals surface area contributed by atoms with Gasteiger partial charge in [-0.15, -0.1) is 0 Å². The van der Waals surface area contributed by atoms with Gasteiger partial charge in [-0.05, 0) is 11.1 Å². The predicted octanol–water partition coefficient (Wildman–Crippen LogP) is 2.13. The van der Waals surface area contributed by atoms with E-state index in [-0.39, 0.29) is 31.2 Å². The van der Waals surface area contributed by atoms with Gasteiger partial charge in [0.1, 0.15) is 0 Å². The molecule has 2 rings (SSSR count). The van der Waals surface area contributed by atoms with Crippen LogP contribution in [0.4, 0.5) is 0 Å². The second kappa shape index (κ2) is 6.92. The molecular formula is C17H16O4. The van der Waals surface area contributed by atoms with E-state index in [9.17, 15) is 9.59 Å². The topological polar surface area (TPSA) is 74.6 Å². The minimum Gasteiger partial charge on any atom is -0.392 e. The van der Waals surface area contributed by atoms with Crippen LogP contribution in [0.2, 0.25) is 0 Å². The van der Waals surface area contributed by atoms with E-state index in [4.69, 9.17) is 10.2 Å². The summed E-state index contributed by atoms with van der Waals surface area (Å²) in [7, 11) is 0. The summed E-state index contributed by atoms with van der Waals surface area (Å²) in [6.07, 6.45) is -0.197. The molecule has 0 bridgehead atoms. The van der Waals surface area contributed by atoms with Gasteiger partial charge in [-0.1, -0.05) is 48.5 Å². The number of hydrogen-bond donors (Lipinski definition) is 2. The Bertz CT molecular complexity index is 569. The Hall–Kier alpha value is -2.30. The summed E-state index contributed by atoms with van der Waals surface area (Å²) >= 11 is 0. The first-order chi connectivity index (χ1) is 10.1. The van der Waals surface area contributed by atoms with Gasteiger partial charge in [0.25, 0.3) is 0 Å². The summed E-state index contributed by atoms with van der Waals surface area (Å²) in [6.45, 7) is -0.158. The molecule has 0 unspecified atom stereocenters. The van der Waals surface area contributed by atoms with Crippen LogP contribution in [0.15, 0.2) is 48.5 Å². The van der Waals surface area contributed by atoms with Crippen LogP contribution >= 0.6 is 0 Å². The number of benzene rings is 2. The lowest BCUT2D eigenvalue weighted by Gasteiger charge is -2.03. The number of hydrogen-bond acceptors (Lipinski definition) is 4. The maximum atomic E-state index is 12.0. The van der Waals surface area contributed by atoms with Gasteiger partial charge in [0.2, 0.25) is 0 Å². The average Bonchev–Trinajstić information content (AvgIpc) is 2.55.